The summed E-state index contributed by atoms with van der Waals surface area (Å²) in [4.78, 5) is 0. The summed E-state index contributed by atoms with van der Waals surface area (Å²) in [5.74, 6) is 1.35. The fourth-order valence-corrected chi connectivity index (χ4v) is 2.66. The van der Waals surface area contributed by atoms with Crippen LogP contribution in [0.1, 0.15) is 19.8 Å². The van der Waals surface area contributed by atoms with Crippen molar-refractivity contribution in [1.29, 1.82) is 0 Å². The van der Waals surface area contributed by atoms with E-state index in [1.807, 2.05) is 0 Å². The molecule has 12 heavy (non-hydrogen) atoms. The Bertz CT molecular complexity index is 115. The van der Waals surface area contributed by atoms with Gasteiger partial charge in [-0.15, -0.1) is 0 Å². The highest BCUT2D eigenvalue weighted by atomic mass is 32.2. The number of thioether (sulfide) groups is 1. The van der Waals surface area contributed by atoms with Gasteiger partial charge >= 0.3 is 0 Å². The summed E-state index contributed by atoms with van der Waals surface area (Å²) >= 11 is 2.10. The molecule has 1 saturated heterocycles. The van der Waals surface area contributed by atoms with Gasteiger partial charge in [0.1, 0.15) is 0 Å². The first kappa shape index (κ1) is 10.4. The molecule has 0 aromatic heterocycles. The van der Waals surface area contributed by atoms with Crippen molar-refractivity contribution in [1.82, 2.24) is 5.32 Å². The van der Waals surface area contributed by atoms with E-state index in [9.17, 15) is 0 Å². The van der Waals surface area contributed by atoms with E-state index in [0.29, 0.717) is 6.04 Å². The molecular weight excluding hydrogens is 170 g/mol. The number of hydrogen-bond acceptors (Lipinski definition) is 3. The van der Waals surface area contributed by atoms with Gasteiger partial charge in [0.05, 0.1) is 6.61 Å². The van der Waals surface area contributed by atoms with Gasteiger partial charge < -0.3 is 10.1 Å². The number of rotatable bonds is 5. The lowest BCUT2D eigenvalue weighted by Crippen LogP contribution is -2.34. The van der Waals surface area contributed by atoms with Crippen LogP contribution in [0.4, 0.5) is 0 Å². The predicted octanol–water partition coefficient (Wildman–Crippen LogP) is 1.51. The van der Waals surface area contributed by atoms with Crippen LogP contribution < -0.4 is 5.32 Å². The molecule has 0 aromatic rings. The Balaban J connectivity index is 1.99. The van der Waals surface area contributed by atoms with E-state index in [1.54, 1.807) is 7.11 Å². The van der Waals surface area contributed by atoms with Crippen LogP contribution in [0.2, 0.25) is 0 Å². The van der Waals surface area contributed by atoms with E-state index in [4.69, 9.17) is 4.74 Å². The molecule has 1 rings (SSSR count). The van der Waals surface area contributed by atoms with Crippen LogP contribution in [0, 0.1) is 0 Å². The third-order valence-corrected chi connectivity index (χ3v) is 3.53. The first-order chi connectivity index (χ1) is 5.83. The molecule has 1 heterocycles. The van der Waals surface area contributed by atoms with E-state index < -0.39 is 0 Å². The Morgan fingerprint density at radius 3 is 3.08 bits per heavy atom. The van der Waals surface area contributed by atoms with Crippen LogP contribution in [0.15, 0.2) is 0 Å². The summed E-state index contributed by atoms with van der Waals surface area (Å²) in [6.07, 6.45) is 2.78. The summed E-state index contributed by atoms with van der Waals surface area (Å²) in [6, 6.07) is 0.496. The van der Waals surface area contributed by atoms with Crippen LogP contribution in [0.25, 0.3) is 0 Å². The maximum atomic E-state index is 5.05. The molecule has 1 fully saturated rings. The molecule has 1 aliphatic heterocycles. The summed E-state index contributed by atoms with van der Waals surface area (Å²) in [7, 11) is 1.75. The van der Waals surface area contributed by atoms with Gasteiger partial charge in [-0.2, -0.15) is 11.8 Å². The fourth-order valence-electron chi connectivity index (χ4n) is 1.45. The minimum Gasteiger partial charge on any atom is -0.383 e. The van der Waals surface area contributed by atoms with Crippen molar-refractivity contribution in [2.75, 3.05) is 26.0 Å². The molecular formula is C9H19NOS. The first-order valence-corrected chi connectivity index (χ1v) is 5.71. The number of methoxy groups -OCH3 is 1. The van der Waals surface area contributed by atoms with Crippen molar-refractivity contribution >= 4 is 11.8 Å². The predicted molar refractivity (Wildman–Crippen MR) is 54.8 cm³/mol. The monoisotopic (exact) mass is 189 g/mol. The van der Waals surface area contributed by atoms with Gasteiger partial charge in [-0.3, -0.25) is 0 Å². The zero-order valence-electron chi connectivity index (χ0n) is 8.01. The summed E-state index contributed by atoms with van der Waals surface area (Å²) < 4.78 is 5.05. The molecule has 0 saturated carbocycles. The Labute approximate surface area is 79.4 Å². The molecule has 0 bridgehead atoms. The van der Waals surface area contributed by atoms with Crippen molar-refractivity contribution in [2.45, 2.75) is 31.1 Å². The van der Waals surface area contributed by atoms with Crippen molar-refractivity contribution in [3.8, 4) is 0 Å². The average Bonchev–Trinajstić information content (AvgIpc) is 2.53. The van der Waals surface area contributed by atoms with Gasteiger partial charge in [-0.25, -0.2) is 0 Å². The van der Waals surface area contributed by atoms with Crippen LogP contribution in [0.3, 0.4) is 0 Å². The molecule has 0 aromatic carbocycles. The quantitative estimate of drug-likeness (QED) is 0.708. The topological polar surface area (TPSA) is 21.3 Å². The molecule has 0 spiro atoms. The SMILES string of the molecule is COCC(C)NCC1CCCS1. The number of ether oxygens (including phenoxy) is 1. The third-order valence-electron chi connectivity index (χ3n) is 2.13. The van der Waals surface area contributed by atoms with Crippen molar-refractivity contribution in [3.05, 3.63) is 0 Å². The number of nitrogens with one attached hydrogen (secondary N) is 1. The first-order valence-electron chi connectivity index (χ1n) is 4.67. The zero-order valence-corrected chi connectivity index (χ0v) is 8.82. The van der Waals surface area contributed by atoms with Gasteiger partial charge in [0.15, 0.2) is 0 Å². The molecule has 2 atom stereocenters. The van der Waals surface area contributed by atoms with E-state index in [-0.39, 0.29) is 0 Å². The van der Waals surface area contributed by atoms with Gasteiger partial charge in [0.25, 0.3) is 0 Å². The highest BCUT2D eigenvalue weighted by Crippen LogP contribution is 2.25. The van der Waals surface area contributed by atoms with Crippen molar-refractivity contribution in [3.63, 3.8) is 0 Å². The Kier molecular flexibility index (Phi) is 5.04. The molecule has 0 amide bonds. The standard InChI is InChI=1S/C9H19NOS/c1-8(7-11-2)10-6-9-4-3-5-12-9/h8-10H,3-7H2,1-2H3. The molecule has 3 heteroatoms. The third kappa shape index (κ3) is 3.78. The fraction of sp³-hybridized carbons (Fsp3) is 1.00. The van der Waals surface area contributed by atoms with E-state index in [1.165, 1.54) is 18.6 Å². The minimum atomic E-state index is 0.496. The van der Waals surface area contributed by atoms with Gasteiger partial charge in [0.2, 0.25) is 0 Å². The lowest BCUT2D eigenvalue weighted by atomic mass is 10.2. The second kappa shape index (κ2) is 5.84. The van der Waals surface area contributed by atoms with E-state index >= 15 is 0 Å². The summed E-state index contributed by atoms with van der Waals surface area (Å²) in [5.41, 5.74) is 0. The summed E-state index contributed by atoms with van der Waals surface area (Å²) in [5, 5.41) is 4.33. The van der Waals surface area contributed by atoms with Crippen molar-refractivity contribution < 1.29 is 4.74 Å². The Morgan fingerprint density at radius 2 is 2.50 bits per heavy atom. The second-order valence-electron chi connectivity index (χ2n) is 3.40. The highest BCUT2D eigenvalue weighted by molar-refractivity contribution is 8.00. The average molecular weight is 189 g/mol. The molecule has 1 aliphatic rings. The molecule has 0 aliphatic carbocycles. The maximum Gasteiger partial charge on any atom is 0.0613 e. The van der Waals surface area contributed by atoms with Gasteiger partial charge in [-0.05, 0) is 25.5 Å². The van der Waals surface area contributed by atoms with Gasteiger partial charge in [0, 0.05) is 24.9 Å². The smallest absolute Gasteiger partial charge is 0.0613 e. The minimum absolute atomic E-state index is 0.496. The molecule has 2 nitrogen and oxygen atoms in total. The second-order valence-corrected chi connectivity index (χ2v) is 4.81. The van der Waals surface area contributed by atoms with E-state index in [2.05, 4.69) is 24.0 Å². The Morgan fingerprint density at radius 1 is 1.67 bits per heavy atom. The zero-order chi connectivity index (χ0) is 8.81. The van der Waals surface area contributed by atoms with Crippen LogP contribution >= 0.6 is 11.8 Å². The molecule has 2 unspecified atom stereocenters. The maximum absolute atomic E-state index is 5.05. The van der Waals surface area contributed by atoms with Crippen LogP contribution in [-0.4, -0.2) is 37.3 Å². The van der Waals surface area contributed by atoms with Crippen molar-refractivity contribution in [2.24, 2.45) is 0 Å². The van der Waals surface area contributed by atoms with E-state index in [0.717, 1.165) is 18.4 Å². The largest absolute Gasteiger partial charge is 0.383 e. The lowest BCUT2D eigenvalue weighted by Gasteiger charge is -2.15. The van der Waals surface area contributed by atoms with Crippen LogP contribution in [-0.2, 0) is 4.74 Å². The number of hydrogen-bond donors (Lipinski definition) is 1. The van der Waals surface area contributed by atoms with Gasteiger partial charge in [-0.1, -0.05) is 0 Å². The lowest BCUT2D eigenvalue weighted by molar-refractivity contribution is 0.172. The summed E-state index contributed by atoms with van der Waals surface area (Å²) in [6.45, 7) is 4.13. The molecule has 0 radical (unpaired) electrons. The van der Waals surface area contributed by atoms with Crippen LogP contribution in [0.5, 0.6) is 0 Å². The Hall–Kier alpha value is 0.270. The highest BCUT2D eigenvalue weighted by Gasteiger charge is 2.15. The molecule has 1 N–H and O–H groups in total. The normalized spacial score (nSPS) is 26.0. The molecule has 72 valence electrons.